The number of ether oxygens (including phenoxy) is 2. The largest absolute Gasteiger partial charge is 0.374 e. The zero-order valence-electron chi connectivity index (χ0n) is 8.98. The van der Waals surface area contributed by atoms with Gasteiger partial charge in [0.05, 0.1) is 32.1 Å². The van der Waals surface area contributed by atoms with Crippen molar-refractivity contribution in [2.75, 3.05) is 26.3 Å². The monoisotopic (exact) mass is 211 g/mol. The third kappa shape index (κ3) is 3.30. The average Bonchev–Trinajstić information content (AvgIpc) is 2.66. The van der Waals surface area contributed by atoms with Crippen molar-refractivity contribution < 1.29 is 9.47 Å². The van der Waals surface area contributed by atoms with Crippen LogP contribution in [0.4, 0.5) is 0 Å². The Bertz CT molecular complexity index is 295. The fraction of sp³-hybridized carbons (Fsp3) is 0.700. The molecule has 1 aromatic heterocycles. The average molecular weight is 211 g/mol. The summed E-state index contributed by atoms with van der Waals surface area (Å²) < 4.78 is 12.8. The van der Waals surface area contributed by atoms with Gasteiger partial charge in [0, 0.05) is 31.9 Å². The number of aryl methyl sites for hydroxylation is 1. The van der Waals surface area contributed by atoms with E-state index >= 15 is 0 Å². The Morgan fingerprint density at radius 2 is 2.67 bits per heavy atom. The van der Waals surface area contributed by atoms with Gasteiger partial charge >= 0.3 is 0 Å². The van der Waals surface area contributed by atoms with Gasteiger partial charge < -0.3 is 14.8 Å². The van der Waals surface area contributed by atoms with E-state index in [9.17, 15) is 0 Å². The molecule has 1 fully saturated rings. The highest BCUT2D eigenvalue weighted by molar-refractivity contribution is 5.01. The zero-order chi connectivity index (χ0) is 10.5. The van der Waals surface area contributed by atoms with Gasteiger partial charge in [-0.15, -0.1) is 0 Å². The van der Waals surface area contributed by atoms with Crippen molar-refractivity contribution in [3.8, 4) is 0 Å². The summed E-state index contributed by atoms with van der Waals surface area (Å²) in [6.07, 6.45) is 3.97. The van der Waals surface area contributed by atoms with Gasteiger partial charge in [0.1, 0.15) is 0 Å². The Kier molecular flexibility index (Phi) is 3.71. The summed E-state index contributed by atoms with van der Waals surface area (Å²) in [5, 5.41) is 7.34. The molecule has 1 unspecified atom stereocenters. The van der Waals surface area contributed by atoms with Crippen LogP contribution in [0.3, 0.4) is 0 Å². The summed E-state index contributed by atoms with van der Waals surface area (Å²) in [5.41, 5.74) is 1.10. The quantitative estimate of drug-likeness (QED) is 0.757. The third-order valence-corrected chi connectivity index (χ3v) is 2.34. The Balaban J connectivity index is 1.65. The molecule has 5 heteroatoms. The van der Waals surface area contributed by atoms with E-state index in [1.165, 1.54) is 0 Å². The van der Waals surface area contributed by atoms with E-state index in [1.54, 1.807) is 4.68 Å². The SMILES string of the molecule is Cn1cc(COCC2CNCCO2)cn1. The van der Waals surface area contributed by atoms with E-state index in [2.05, 4.69) is 10.4 Å². The molecule has 2 rings (SSSR count). The Morgan fingerprint density at radius 3 is 3.33 bits per heavy atom. The van der Waals surface area contributed by atoms with Crippen LogP contribution in [0.15, 0.2) is 12.4 Å². The van der Waals surface area contributed by atoms with Crippen molar-refractivity contribution in [3.05, 3.63) is 18.0 Å². The number of hydrogen-bond acceptors (Lipinski definition) is 4. The lowest BCUT2D eigenvalue weighted by Gasteiger charge is -2.23. The second-order valence-corrected chi connectivity index (χ2v) is 3.73. The summed E-state index contributed by atoms with van der Waals surface area (Å²) >= 11 is 0. The van der Waals surface area contributed by atoms with Crippen LogP contribution in [0, 0.1) is 0 Å². The maximum atomic E-state index is 5.55. The highest BCUT2D eigenvalue weighted by Crippen LogP contribution is 2.02. The minimum absolute atomic E-state index is 0.190. The first-order chi connectivity index (χ1) is 7.34. The molecule has 0 radical (unpaired) electrons. The van der Waals surface area contributed by atoms with E-state index in [1.807, 2.05) is 19.4 Å². The van der Waals surface area contributed by atoms with Crippen LogP contribution in [-0.4, -0.2) is 42.2 Å². The standard InChI is InChI=1S/C10H17N3O2/c1-13-6-9(4-12-13)7-14-8-10-5-11-2-3-15-10/h4,6,10-11H,2-3,5,7-8H2,1H3. The minimum atomic E-state index is 0.190. The van der Waals surface area contributed by atoms with Crippen LogP contribution in [0.5, 0.6) is 0 Å². The van der Waals surface area contributed by atoms with E-state index in [-0.39, 0.29) is 6.10 Å². The van der Waals surface area contributed by atoms with Gasteiger partial charge in [-0.1, -0.05) is 0 Å². The van der Waals surface area contributed by atoms with Gasteiger partial charge in [-0.05, 0) is 0 Å². The molecular weight excluding hydrogens is 194 g/mol. The molecule has 84 valence electrons. The van der Waals surface area contributed by atoms with Crippen LogP contribution in [0.1, 0.15) is 5.56 Å². The Hall–Kier alpha value is -0.910. The molecule has 1 aliphatic heterocycles. The molecule has 0 saturated carbocycles. The van der Waals surface area contributed by atoms with Crippen molar-refractivity contribution in [2.45, 2.75) is 12.7 Å². The summed E-state index contributed by atoms with van der Waals surface area (Å²) in [6.45, 7) is 3.85. The summed E-state index contributed by atoms with van der Waals surface area (Å²) in [5.74, 6) is 0. The minimum Gasteiger partial charge on any atom is -0.374 e. The lowest BCUT2D eigenvalue weighted by molar-refractivity contribution is -0.0357. The topological polar surface area (TPSA) is 48.3 Å². The van der Waals surface area contributed by atoms with Crippen LogP contribution < -0.4 is 5.32 Å². The van der Waals surface area contributed by atoms with Crippen molar-refractivity contribution in [3.63, 3.8) is 0 Å². The molecule has 0 aliphatic carbocycles. The molecule has 0 spiro atoms. The molecular formula is C10H17N3O2. The molecule has 15 heavy (non-hydrogen) atoms. The normalized spacial score (nSPS) is 21.8. The van der Waals surface area contributed by atoms with Crippen LogP contribution in [0.25, 0.3) is 0 Å². The first-order valence-electron chi connectivity index (χ1n) is 5.22. The fourth-order valence-electron chi connectivity index (χ4n) is 1.58. The van der Waals surface area contributed by atoms with Gasteiger partial charge in [-0.25, -0.2) is 0 Å². The van der Waals surface area contributed by atoms with Gasteiger partial charge in [0.25, 0.3) is 0 Å². The van der Waals surface area contributed by atoms with Crippen LogP contribution in [-0.2, 0) is 23.1 Å². The van der Waals surface area contributed by atoms with E-state index in [0.717, 1.165) is 25.3 Å². The van der Waals surface area contributed by atoms with Crippen molar-refractivity contribution >= 4 is 0 Å². The highest BCUT2D eigenvalue weighted by atomic mass is 16.5. The second kappa shape index (κ2) is 5.25. The maximum absolute atomic E-state index is 5.55. The lowest BCUT2D eigenvalue weighted by Crippen LogP contribution is -2.40. The van der Waals surface area contributed by atoms with Crippen molar-refractivity contribution in [2.24, 2.45) is 7.05 Å². The predicted octanol–water partition coefficient (Wildman–Crippen LogP) is -0.0749. The number of nitrogens with zero attached hydrogens (tertiary/aromatic N) is 2. The van der Waals surface area contributed by atoms with Gasteiger partial charge in [0.15, 0.2) is 0 Å². The molecule has 1 N–H and O–H groups in total. The molecule has 1 aromatic rings. The highest BCUT2D eigenvalue weighted by Gasteiger charge is 2.13. The molecule has 1 aliphatic rings. The number of morpholine rings is 1. The summed E-state index contributed by atoms with van der Waals surface area (Å²) in [7, 11) is 1.90. The van der Waals surface area contributed by atoms with Crippen LogP contribution >= 0.6 is 0 Å². The van der Waals surface area contributed by atoms with Crippen LogP contribution in [0.2, 0.25) is 0 Å². The Labute approximate surface area is 89.4 Å². The first-order valence-corrected chi connectivity index (χ1v) is 5.22. The molecule has 0 amide bonds. The van der Waals surface area contributed by atoms with Gasteiger partial charge in [-0.2, -0.15) is 5.10 Å². The van der Waals surface area contributed by atoms with Gasteiger partial charge in [-0.3, -0.25) is 4.68 Å². The van der Waals surface area contributed by atoms with Crippen molar-refractivity contribution in [1.82, 2.24) is 15.1 Å². The van der Waals surface area contributed by atoms with E-state index in [0.29, 0.717) is 13.2 Å². The molecule has 2 heterocycles. The van der Waals surface area contributed by atoms with E-state index in [4.69, 9.17) is 9.47 Å². The number of rotatable bonds is 4. The number of aromatic nitrogens is 2. The predicted molar refractivity (Wildman–Crippen MR) is 55.5 cm³/mol. The molecule has 1 saturated heterocycles. The first kappa shape index (κ1) is 10.6. The second-order valence-electron chi connectivity index (χ2n) is 3.73. The molecule has 0 bridgehead atoms. The lowest BCUT2D eigenvalue weighted by atomic mass is 10.3. The maximum Gasteiger partial charge on any atom is 0.0933 e. The molecule has 0 aromatic carbocycles. The van der Waals surface area contributed by atoms with Crippen molar-refractivity contribution in [1.29, 1.82) is 0 Å². The zero-order valence-corrected chi connectivity index (χ0v) is 8.98. The number of nitrogens with one attached hydrogen (secondary N) is 1. The van der Waals surface area contributed by atoms with Gasteiger partial charge in [0.2, 0.25) is 0 Å². The number of hydrogen-bond donors (Lipinski definition) is 1. The van der Waals surface area contributed by atoms with E-state index < -0.39 is 0 Å². The third-order valence-electron chi connectivity index (χ3n) is 2.34. The fourth-order valence-corrected chi connectivity index (χ4v) is 1.58. The summed E-state index contributed by atoms with van der Waals surface area (Å²) in [6, 6.07) is 0. The Morgan fingerprint density at radius 1 is 1.73 bits per heavy atom. The molecule has 1 atom stereocenters. The molecule has 5 nitrogen and oxygen atoms in total. The smallest absolute Gasteiger partial charge is 0.0933 e. The summed E-state index contributed by atoms with van der Waals surface area (Å²) in [4.78, 5) is 0.